The number of rotatable bonds is 10. The maximum atomic E-state index is 11.9. The number of nitrogens with zero attached hydrogens (tertiary/aromatic N) is 1. The van der Waals surface area contributed by atoms with Gasteiger partial charge in [-0.3, -0.25) is 19.7 Å². The van der Waals surface area contributed by atoms with E-state index in [1.54, 1.807) is 0 Å². The van der Waals surface area contributed by atoms with E-state index in [1.807, 2.05) is 6.26 Å². The van der Waals surface area contributed by atoms with E-state index in [-0.39, 0.29) is 24.2 Å². The zero-order chi connectivity index (χ0) is 18.8. The minimum atomic E-state index is -1.10. The lowest BCUT2D eigenvalue weighted by Gasteiger charge is -2.14. The minimum Gasteiger partial charge on any atom is -0.480 e. The van der Waals surface area contributed by atoms with Crippen molar-refractivity contribution in [1.29, 1.82) is 0 Å². The number of hydrogen-bond donors (Lipinski definition) is 3. The maximum Gasteiger partial charge on any atom is 0.326 e. The standard InChI is InChI=1S/C15H19N3O6S/c1-25-9-7-12(15(21)22)17-13(19)6-8-16-14(20)10-2-4-11(5-3-10)18(23)24/h2-5,12H,6-9H2,1H3,(H,16,20)(H,17,19)(H,21,22). The maximum absolute atomic E-state index is 11.9. The zero-order valence-corrected chi connectivity index (χ0v) is 14.4. The number of thioether (sulfide) groups is 1. The number of nitro groups is 1. The van der Waals surface area contributed by atoms with Crippen molar-refractivity contribution in [3.63, 3.8) is 0 Å². The Bertz CT molecular complexity index is 635. The van der Waals surface area contributed by atoms with Crippen molar-refractivity contribution in [2.24, 2.45) is 0 Å². The zero-order valence-electron chi connectivity index (χ0n) is 13.6. The average molecular weight is 369 g/mol. The molecule has 0 aliphatic carbocycles. The van der Waals surface area contributed by atoms with E-state index < -0.39 is 28.7 Å². The molecule has 0 aliphatic heterocycles. The first-order chi connectivity index (χ1) is 11.8. The van der Waals surface area contributed by atoms with Gasteiger partial charge in [-0.1, -0.05) is 0 Å². The molecule has 1 atom stereocenters. The van der Waals surface area contributed by atoms with Crippen molar-refractivity contribution < 1.29 is 24.4 Å². The summed E-state index contributed by atoms with van der Waals surface area (Å²) in [6.07, 6.45) is 2.09. The molecule has 0 fully saturated rings. The summed E-state index contributed by atoms with van der Waals surface area (Å²) in [5, 5.41) is 24.5. The fourth-order valence-electron chi connectivity index (χ4n) is 1.89. The molecule has 0 aliphatic rings. The van der Waals surface area contributed by atoms with Crippen molar-refractivity contribution in [3.05, 3.63) is 39.9 Å². The van der Waals surface area contributed by atoms with Gasteiger partial charge in [0.1, 0.15) is 6.04 Å². The smallest absolute Gasteiger partial charge is 0.326 e. The van der Waals surface area contributed by atoms with Crippen LogP contribution in [0.1, 0.15) is 23.2 Å². The van der Waals surface area contributed by atoms with Crippen LogP contribution < -0.4 is 10.6 Å². The topological polar surface area (TPSA) is 139 Å². The second-order valence-electron chi connectivity index (χ2n) is 5.05. The molecule has 1 aromatic carbocycles. The molecule has 3 N–H and O–H groups in total. The highest BCUT2D eigenvalue weighted by Crippen LogP contribution is 2.11. The van der Waals surface area contributed by atoms with Crippen LogP contribution in [0, 0.1) is 10.1 Å². The highest BCUT2D eigenvalue weighted by molar-refractivity contribution is 7.98. The summed E-state index contributed by atoms with van der Waals surface area (Å²) in [5.41, 5.74) is 0.107. The minimum absolute atomic E-state index is 0.0243. The van der Waals surface area contributed by atoms with Gasteiger partial charge in [0, 0.05) is 30.7 Å². The molecule has 1 aromatic rings. The van der Waals surface area contributed by atoms with E-state index in [0.717, 1.165) is 0 Å². The number of nitro benzene ring substituents is 1. The van der Waals surface area contributed by atoms with Crippen molar-refractivity contribution in [1.82, 2.24) is 10.6 Å². The molecule has 9 nitrogen and oxygen atoms in total. The summed E-state index contributed by atoms with van der Waals surface area (Å²) < 4.78 is 0. The SMILES string of the molecule is CSCCC(NC(=O)CCNC(=O)c1ccc([N+](=O)[O-])cc1)C(=O)O. The van der Waals surface area contributed by atoms with Crippen LogP contribution in [0.3, 0.4) is 0 Å². The largest absolute Gasteiger partial charge is 0.480 e. The average Bonchev–Trinajstić information content (AvgIpc) is 2.58. The number of carbonyl (C=O) groups excluding carboxylic acids is 2. The summed E-state index contributed by atoms with van der Waals surface area (Å²) in [6, 6.07) is 4.10. The summed E-state index contributed by atoms with van der Waals surface area (Å²) in [5.74, 6) is -1.44. The van der Waals surface area contributed by atoms with Crippen LogP contribution in [0.25, 0.3) is 0 Å². The van der Waals surface area contributed by atoms with Gasteiger partial charge >= 0.3 is 5.97 Å². The fourth-order valence-corrected chi connectivity index (χ4v) is 2.36. The van der Waals surface area contributed by atoms with E-state index in [9.17, 15) is 24.5 Å². The molecule has 0 aromatic heterocycles. The summed E-state index contributed by atoms with van der Waals surface area (Å²) in [6.45, 7) is 0.0243. The Morgan fingerprint density at radius 2 is 1.92 bits per heavy atom. The third kappa shape index (κ3) is 7.21. The number of carboxylic acid groups (broad SMARTS) is 1. The van der Waals surface area contributed by atoms with Gasteiger partial charge in [-0.25, -0.2) is 4.79 Å². The number of nitrogens with one attached hydrogen (secondary N) is 2. The highest BCUT2D eigenvalue weighted by Gasteiger charge is 2.19. The summed E-state index contributed by atoms with van der Waals surface area (Å²) >= 11 is 1.48. The lowest BCUT2D eigenvalue weighted by Crippen LogP contribution is -2.42. The second-order valence-corrected chi connectivity index (χ2v) is 6.04. The van der Waals surface area contributed by atoms with E-state index in [4.69, 9.17) is 5.11 Å². The normalized spacial score (nSPS) is 11.4. The molecule has 0 saturated heterocycles. The molecule has 25 heavy (non-hydrogen) atoms. The molecular weight excluding hydrogens is 350 g/mol. The quantitative estimate of drug-likeness (QED) is 0.413. The van der Waals surface area contributed by atoms with Gasteiger partial charge in [-0.2, -0.15) is 11.8 Å². The Kier molecular flexibility index (Phi) is 8.40. The van der Waals surface area contributed by atoms with E-state index in [1.165, 1.54) is 36.0 Å². The molecule has 0 bridgehead atoms. The van der Waals surface area contributed by atoms with Gasteiger partial charge in [-0.05, 0) is 30.6 Å². The molecule has 2 amide bonds. The third-order valence-electron chi connectivity index (χ3n) is 3.22. The van der Waals surface area contributed by atoms with E-state index >= 15 is 0 Å². The molecular formula is C15H19N3O6S. The number of carbonyl (C=O) groups is 3. The number of aliphatic carboxylic acids is 1. The fraction of sp³-hybridized carbons (Fsp3) is 0.400. The number of hydrogen-bond acceptors (Lipinski definition) is 6. The molecule has 1 rings (SSSR count). The van der Waals surface area contributed by atoms with Gasteiger partial charge in [0.15, 0.2) is 0 Å². The van der Waals surface area contributed by atoms with E-state index in [2.05, 4.69) is 10.6 Å². The van der Waals surface area contributed by atoms with Crippen LogP contribution in [0.15, 0.2) is 24.3 Å². The molecule has 1 unspecified atom stereocenters. The Balaban J connectivity index is 2.42. The second kappa shape index (κ2) is 10.3. The predicted molar refractivity (Wildman–Crippen MR) is 92.6 cm³/mol. The lowest BCUT2D eigenvalue weighted by molar-refractivity contribution is -0.384. The highest BCUT2D eigenvalue weighted by atomic mass is 32.2. The van der Waals surface area contributed by atoms with Gasteiger partial charge < -0.3 is 15.7 Å². The molecule has 0 heterocycles. The molecule has 10 heteroatoms. The number of benzene rings is 1. The Morgan fingerprint density at radius 3 is 2.44 bits per heavy atom. The van der Waals surface area contributed by atoms with Crippen LogP contribution >= 0.6 is 11.8 Å². The van der Waals surface area contributed by atoms with Crippen LogP contribution in [-0.4, -0.2) is 52.4 Å². The molecule has 0 spiro atoms. The first-order valence-corrected chi connectivity index (χ1v) is 8.78. The third-order valence-corrected chi connectivity index (χ3v) is 3.87. The number of non-ortho nitro benzene ring substituents is 1. The Morgan fingerprint density at radius 1 is 1.28 bits per heavy atom. The molecule has 136 valence electrons. The van der Waals surface area contributed by atoms with Crippen LogP contribution in [-0.2, 0) is 9.59 Å². The molecule has 0 saturated carbocycles. The van der Waals surface area contributed by atoms with Crippen LogP contribution in [0.5, 0.6) is 0 Å². The van der Waals surface area contributed by atoms with E-state index in [0.29, 0.717) is 12.2 Å². The first kappa shape index (κ1) is 20.4. The number of amides is 2. The van der Waals surface area contributed by atoms with Gasteiger partial charge in [0.05, 0.1) is 4.92 Å². The van der Waals surface area contributed by atoms with Gasteiger partial charge in [0.25, 0.3) is 11.6 Å². The molecule has 0 radical (unpaired) electrons. The Labute approximate surface area is 148 Å². The Hall–Kier alpha value is -2.62. The number of carboxylic acids is 1. The monoisotopic (exact) mass is 369 g/mol. The van der Waals surface area contributed by atoms with Crippen molar-refractivity contribution >= 4 is 35.2 Å². The van der Waals surface area contributed by atoms with Crippen molar-refractivity contribution in [2.45, 2.75) is 18.9 Å². The van der Waals surface area contributed by atoms with Crippen LogP contribution in [0.2, 0.25) is 0 Å². The predicted octanol–water partition coefficient (Wildman–Crippen LogP) is 1.04. The van der Waals surface area contributed by atoms with Crippen molar-refractivity contribution in [2.75, 3.05) is 18.6 Å². The summed E-state index contributed by atoms with van der Waals surface area (Å²) in [4.78, 5) is 44.6. The summed E-state index contributed by atoms with van der Waals surface area (Å²) in [7, 11) is 0. The first-order valence-electron chi connectivity index (χ1n) is 7.39. The van der Waals surface area contributed by atoms with Crippen molar-refractivity contribution in [3.8, 4) is 0 Å². The van der Waals surface area contributed by atoms with Gasteiger partial charge in [-0.15, -0.1) is 0 Å². The van der Waals surface area contributed by atoms with Crippen LogP contribution in [0.4, 0.5) is 5.69 Å². The lowest BCUT2D eigenvalue weighted by atomic mass is 10.2. The van der Waals surface area contributed by atoms with Gasteiger partial charge in [0.2, 0.25) is 5.91 Å².